The molecule has 0 aliphatic rings. The number of aromatic nitrogens is 2. The average molecular weight is 289 g/mol. The molecule has 1 aromatic carbocycles. The molecule has 1 N–H and O–H groups in total. The van der Waals surface area contributed by atoms with Gasteiger partial charge >= 0.3 is 0 Å². The van der Waals surface area contributed by atoms with Crippen molar-refractivity contribution in [3.05, 3.63) is 57.5 Å². The lowest BCUT2D eigenvalue weighted by molar-refractivity contribution is -0.117. The van der Waals surface area contributed by atoms with Crippen molar-refractivity contribution in [1.82, 2.24) is 9.78 Å². The van der Waals surface area contributed by atoms with E-state index < -0.39 is 11.5 Å². The minimum absolute atomic E-state index is 0.135. The molecule has 0 saturated heterocycles. The van der Waals surface area contributed by atoms with E-state index in [0.717, 1.165) is 4.68 Å². The third kappa shape index (κ3) is 3.43. The van der Waals surface area contributed by atoms with Crippen LogP contribution in [0.1, 0.15) is 5.56 Å². The molecule has 100 valence electrons. The van der Waals surface area contributed by atoms with E-state index in [1.807, 2.05) is 6.07 Å². The maximum Gasteiger partial charge on any atom is 0.267 e. The standard InChI is InChI=1S/C13H9ClN4O2/c14-11-5-6-13(20)18(17-11)8-12(19)16-10-3-1-9(7-15)2-4-10/h1-6H,8H2,(H,16,19). The van der Waals surface area contributed by atoms with Gasteiger partial charge in [-0.1, -0.05) is 11.6 Å². The van der Waals surface area contributed by atoms with Gasteiger partial charge in [0.1, 0.15) is 11.7 Å². The summed E-state index contributed by atoms with van der Waals surface area (Å²) >= 11 is 5.66. The Morgan fingerprint density at radius 2 is 2.00 bits per heavy atom. The number of halogens is 1. The molecule has 6 nitrogen and oxygen atoms in total. The molecule has 1 aromatic heterocycles. The van der Waals surface area contributed by atoms with E-state index in [1.54, 1.807) is 24.3 Å². The van der Waals surface area contributed by atoms with E-state index in [-0.39, 0.29) is 11.7 Å². The lowest BCUT2D eigenvalue weighted by atomic mass is 10.2. The molecule has 0 bridgehead atoms. The summed E-state index contributed by atoms with van der Waals surface area (Å²) in [4.78, 5) is 23.2. The molecule has 0 radical (unpaired) electrons. The summed E-state index contributed by atoms with van der Waals surface area (Å²) in [6, 6.07) is 10.9. The molecule has 0 unspecified atom stereocenters. The van der Waals surface area contributed by atoms with Crippen LogP contribution in [0.4, 0.5) is 5.69 Å². The molecule has 1 amide bonds. The summed E-state index contributed by atoms with van der Waals surface area (Å²) in [6.07, 6.45) is 0. The third-order valence-electron chi connectivity index (χ3n) is 2.43. The van der Waals surface area contributed by atoms with Crippen LogP contribution in [0.25, 0.3) is 0 Å². The summed E-state index contributed by atoms with van der Waals surface area (Å²) in [5, 5.41) is 15.1. The van der Waals surface area contributed by atoms with Crippen molar-refractivity contribution in [3.63, 3.8) is 0 Å². The maximum atomic E-state index is 11.8. The highest BCUT2D eigenvalue weighted by atomic mass is 35.5. The molecule has 1 heterocycles. The van der Waals surface area contributed by atoms with Gasteiger partial charge in [0.25, 0.3) is 5.56 Å². The van der Waals surface area contributed by atoms with Gasteiger partial charge in [0.05, 0.1) is 11.6 Å². The Morgan fingerprint density at radius 1 is 1.30 bits per heavy atom. The zero-order valence-electron chi connectivity index (χ0n) is 10.2. The number of carbonyl (C=O) groups is 1. The molecule has 0 fully saturated rings. The monoisotopic (exact) mass is 288 g/mol. The molecular weight excluding hydrogens is 280 g/mol. The van der Waals surface area contributed by atoms with Crippen LogP contribution >= 0.6 is 11.6 Å². The van der Waals surface area contributed by atoms with Crippen LogP contribution in [0, 0.1) is 11.3 Å². The lowest BCUT2D eigenvalue weighted by Gasteiger charge is -2.06. The van der Waals surface area contributed by atoms with Gasteiger partial charge in [-0.15, -0.1) is 0 Å². The fourth-order valence-corrected chi connectivity index (χ4v) is 1.66. The van der Waals surface area contributed by atoms with Gasteiger partial charge < -0.3 is 5.32 Å². The number of nitriles is 1. The Bertz CT molecular complexity index is 731. The predicted molar refractivity (Wildman–Crippen MR) is 73.3 cm³/mol. The SMILES string of the molecule is N#Cc1ccc(NC(=O)Cn2nc(Cl)ccc2=O)cc1. The first-order chi connectivity index (χ1) is 9.58. The summed E-state index contributed by atoms with van der Waals surface area (Å²) in [7, 11) is 0. The Balaban J connectivity index is 2.07. The Hall–Kier alpha value is -2.65. The topological polar surface area (TPSA) is 87.8 Å². The fourth-order valence-electron chi connectivity index (χ4n) is 1.50. The molecule has 0 saturated carbocycles. The van der Waals surface area contributed by atoms with Crippen molar-refractivity contribution >= 4 is 23.2 Å². The Kier molecular flexibility index (Phi) is 4.13. The molecular formula is C13H9ClN4O2. The Labute approximate surface area is 119 Å². The lowest BCUT2D eigenvalue weighted by Crippen LogP contribution is -2.29. The molecule has 0 atom stereocenters. The molecule has 2 rings (SSSR count). The molecule has 0 spiro atoms. The van der Waals surface area contributed by atoms with Gasteiger partial charge in [0.15, 0.2) is 0 Å². The number of amides is 1. The van der Waals surface area contributed by atoms with Crippen LogP contribution in [-0.2, 0) is 11.3 Å². The Morgan fingerprint density at radius 3 is 2.65 bits per heavy atom. The maximum absolute atomic E-state index is 11.8. The molecule has 7 heteroatoms. The second kappa shape index (κ2) is 5.99. The molecule has 0 aliphatic heterocycles. The van der Waals surface area contributed by atoms with Crippen LogP contribution in [0.15, 0.2) is 41.2 Å². The number of rotatable bonds is 3. The quantitative estimate of drug-likeness (QED) is 0.925. The summed E-state index contributed by atoms with van der Waals surface area (Å²) < 4.78 is 0.974. The highest BCUT2D eigenvalue weighted by Crippen LogP contribution is 2.08. The van der Waals surface area contributed by atoms with Crippen molar-refractivity contribution in [3.8, 4) is 6.07 Å². The number of carbonyl (C=O) groups excluding carboxylic acids is 1. The molecule has 20 heavy (non-hydrogen) atoms. The first kappa shape index (κ1) is 13.8. The first-order valence-corrected chi connectivity index (χ1v) is 6.00. The first-order valence-electron chi connectivity index (χ1n) is 5.62. The smallest absolute Gasteiger partial charge is 0.267 e. The minimum Gasteiger partial charge on any atom is -0.324 e. The number of hydrogen-bond donors (Lipinski definition) is 1. The van der Waals surface area contributed by atoms with E-state index >= 15 is 0 Å². The summed E-state index contributed by atoms with van der Waals surface area (Å²) in [5.41, 5.74) is 0.615. The van der Waals surface area contributed by atoms with E-state index in [4.69, 9.17) is 16.9 Å². The number of benzene rings is 1. The van der Waals surface area contributed by atoms with Gasteiger partial charge in [-0.05, 0) is 30.3 Å². The third-order valence-corrected chi connectivity index (χ3v) is 2.63. The van der Waals surface area contributed by atoms with Gasteiger partial charge in [0, 0.05) is 11.8 Å². The summed E-state index contributed by atoms with van der Waals surface area (Å²) in [6.45, 7) is -0.237. The van der Waals surface area contributed by atoms with Crippen molar-refractivity contribution in [2.24, 2.45) is 0 Å². The molecule has 2 aromatic rings. The normalized spacial score (nSPS) is 9.80. The van der Waals surface area contributed by atoms with Crippen LogP contribution in [0.3, 0.4) is 0 Å². The van der Waals surface area contributed by atoms with Gasteiger partial charge in [-0.25, -0.2) is 4.68 Å². The number of anilines is 1. The highest BCUT2D eigenvalue weighted by molar-refractivity contribution is 6.29. The zero-order chi connectivity index (χ0) is 14.5. The highest BCUT2D eigenvalue weighted by Gasteiger charge is 2.06. The van der Waals surface area contributed by atoms with Crippen LogP contribution < -0.4 is 10.9 Å². The van der Waals surface area contributed by atoms with Gasteiger partial charge in [-0.3, -0.25) is 9.59 Å². The summed E-state index contributed by atoms with van der Waals surface area (Å²) in [5.74, 6) is -0.411. The minimum atomic E-state index is -0.413. The van der Waals surface area contributed by atoms with Crippen LogP contribution in [0.5, 0.6) is 0 Å². The number of nitrogens with one attached hydrogen (secondary N) is 1. The van der Waals surface area contributed by atoms with Gasteiger partial charge in [-0.2, -0.15) is 10.4 Å². The predicted octanol–water partition coefficient (Wildman–Crippen LogP) is 1.41. The van der Waals surface area contributed by atoms with Crippen molar-refractivity contribution in [2.45, 2.75) is 6.54 Å². The van der Waals surface area contributed by atoms with E-state index in [9.17, 15) is 9.59 Å². The van der Waals surface area contributed by atoms with Crippen LogP contribution in [0.2, 0.25) is 5.15 Å². The van der Waals surface area contributed by atoms with E-state index in [1.165, 1.54) is 12.1 Å². The van der Waals surface area contributed by atoms with Gasteiger partial charge in [0.2, 0.25) is 5.91 Å². The zero-order valence-corrected chi connectivity index (χ0v) is 11.0. The van der Waals surface area contributed by atoms with E-state index in [2.05, 4.69) is 10.4 Å². The van der Waals surface area contributed by atoms with Crippen molar-refractivity contribution in [1.29, 1.82) is 5.26 Å². The number of nitrogens with zero attached hydrogens (tertiary/aromatic N) is 3. The van der Waals surface area contributed by atoms with Crippen molar-refractivity contribution < 1.29 is 4.79 Å². The van der Waals surface area contributed by atoms with Crippen LogP contribution in [-0.4, -0.2) is 15.7 Å². The fraction of sp³-hybridized carbons (Fsp3) is 0.0769. The second-order valence-corrected chi connectivity index (χ2v) is 4.28. The molecule has 0 aliphatic carbocycles. The largest absolute Gasteiger partial charge is 0.324 e. The second-order valence-electron chi connectivity index (χ2n) is 3.89. The average Bonchev–Trinajstić information content (AvgIpc) is 2.43. The number of hydrogen-bond acceptors (Lipinski definition) is 4. The van der Waals surface area contributed by atoms with Crippen molar-refractivity contribution in [2.75, 3.05) is 5.32 Å². The van der Waals surface area contributed by atoms with E-state index in [0.29, 0.717) is 11.3 Å².